The Labute approximate surface area is 170 Å². The van der Waals surface area contributed by atoms with E-state index in [-0.39, 0.29) is 22.7 Å². The lowest BCUT2D eigenvalue weighted by atomic mass is 10.2. The first kappa shape index (κ1) is 19.8. The molecule has 0 aliphatic heterocycles. The number of nitrogens with zero attached hydrogens (tertiary/aromatic N) is 2. The molecule has 0 fully saturated rings. The zero-order valence-electron chi connectivity index (χ0n) is 14.4. The fourth-order valence-electron chi connectivity index (χ4n) is 2.49. The van der Waals surface area contributed by atoms with Crippen LogP contribution in [0, 0.1) is 5.82 Å². The molecule has 142 valence electrons. The van der Waals surface area contributed by atoms with Crippen molar-refractivity contribution in [3.63, 3.8) is 0 Å². The summed E-state index contributed by atoms with van der Waals surface area (Å²) < 4.78 is 15.1. The largest absolute Gasteiger partial charge is 0.310 e. The van der Waals surface area contributed by atoms with Crippen LogP contribution in [-0.4, -0.2) is 16.7 Å². The quantitative estimate of drug-likeness (QED) is 0.501. The van der Waals surface area contributed by atoms with E-state index in [1.807, 2.05) is 6.07 Å². The van der Waals surface area contributed by atoms with E-state index >= 15 is 0 Å². The number of nitrogens with one attached hydrogen (secondary N) is 1. The van der Waals surface area contributed by atoms with Gasteiger partial charge in [0.25, 0.3) is 11.5 Å². The summed E-state index contributed by atoms with van der Waals surface area (Å²) in [5.41, 5.74) is 2.39. The number of aromatic nitrogens is 1. The molecule has 0 saturated carbocycles. The molecule has 0 aliphatic rings. The van der Waals surface area contributed by atoms with E-state index in [4.69, 9.17) is 23.2 Å². The van der Waals surface area contributed by atoms with Crippen LogP contribution in [0.5, 0.6) is 0 Å². The lowest BCUT2D eigenvalue weighted by Crippen LogP contribution is -2.31. The van der Waals surface area contributed by atoms with Crippen molar-refractivity contribution in [2.45, 2.75) is 6.54 Å². The molecule has 0 saturated heterocycles. The fraction of sp³-hybridized carbons (Fsp3) is 0.0500. The topological polar surface area (TPSA) is 63.5 Å². The Morgan fingerprint density at radius 2 is 1.82 bits per heavy atom. The van der Waals surface area contributed by atoms with Gasteiger partial charge in [-0.1, -0.05) is 47.5 Å². The molecule has 1 amide bonds. The molecule has 0 aliphatic carbocycles. The number of carbonyl (C=O) groups is 1. The Bertz CT molecular complexity index is 1090. The second-order valence-corrected chi connectivity index (χ2v) is 6.60. The van der Waals surface area contributed by atoms with E-state index in [1.165, 1.54) is 28.8 Å². The third-order valence-corrected chi connectivity index (χ3v) is 4.62. The van der Waals surface area contributed by atoms with E-state index < -0.39 is 17.3 Å². The highest BCUT2D eigenvalue weighted by Gasteiger charge is 2.12. The molecule has 0 unspecified atom stereocenters. The van der Waals surface area contributed by atoms with Gasteiger partial charge in [-0.15, -0.1) is 0 Å². The monoisotopic (exact) mass is 417 g/mol. The maximum atomic E-state index is 13.7. The molecule has 0 radical (unpaired) electrons. The van der Waals surface area contributed by atoms with Crippen LogP contribution in [-0.2, 0) is 6.54 Å². The van der Waals surface area contributed by atoms with Crippen molar-refractivity contribution >= 4 is 35.3 Å². The molecular weight excluding hydrogens is 404 g/mol. The molecule has 1 aromatic heterocycles. The number of benzene rings is 2. The van der Waals surface area contributed by atoms with Gasteiger partial charge in [-0.25, -0.2) is 9.82 Å². The predicted molar refractivity (Wildman–Crippen MR) is 108 cm³/mol. The first-order chi connectivity index (χ1) is 13.5. The highest BCUT2D eigenvalue weighted by atomic mass is 35.5. The lowest BCUT2D eigenvalue weighted by Gasteiger charge is -2.09. The number of hydrogen-bond acceptors (Lipinski definition) is 3. The lowest BCUT2D eigenvalue weighted by molar-refractivity contribution is 0.0953. The predicted octanol–water partition coefficient (Wildman–Crippen LogP) is 4.11. The van der Waals surface area contributed by atoms with Crippen LogP contribution in [0.4, 0.5) is 4.39 Å². The molecule has 0 spiro atoms. The Kier molecular flexibility index (Phi) is 6.23. The van der Waals surface area contributed by atoms with E-state index in [0.717, 1.165) is 11.8 Å². The third-order valence-electron chi connectivity index (χ3n) is 3.92. The summed E-state index contributed by atoms with van der Waals surface area (Å²) in [6.07, 6.45) is 2.64. The first-order valence-corrected chi connectivity index (χ1v) is 8.93. The van der Waals surface area contributed by atoms with Crippen molar-refractivity contribution in [2.24, 2.45) is 5.10 Å². The Morgan fingerprint density at radius 3 is 2.57 bits per heavy atom. The van der Waals surface area contributed by atoms with Crippen LogP contribution in [0.2, 0.25) is 10.0 Å². The number of rotatable bonds is 5. The second kappa shape index (κ2) is 8.82. The van der Waals surface area contributed by atoms with Gasteiger partial charge in [0, 0.05) is 16.8 Å². The van der Waals surface area contributed by atoms with Crippen molar-refractivity contribution in [1.82, 2.24) is 9.99 Å². The van der Waals surface area contributed by atoms with Crippen LogP contribution in [0.3, 0.4) is 0 Å². The minimum Gasteiger partial charge on any atom is -0.310 e. The van der Waals surface area contributed by atoms with Gasteiger partial charge in [0.05, 0.1) is 17.8 Å². The smallest absolute Gasteiger partial charge is 0.276 e. The first-order valence-electron chi connectivity index (χ1n) is 8.17. The Balaban J connectivity index is 1.78. The summed E-state index contributed by atoms with van der Waals surface area (Å²) in [7, 11) is 0. The number of carbonyl (C=O) groups excluding carboxylic acids is 1. The molecule has 1 heterocycles. The summed E-state index contributed by atoms with van der Waals surface area (Å²) in [5.74, 6) is -1.30. The van der Waals surface area contributed by atoms with Gasteiger partial charge in [0.2, 0.25) is 0 Å². The zero-order valence-corrected chi connectivity index (χ0v) is 15.9. The number of hydrazone groups is 1. The maximum Gasteiger partial charge on any atom is 0.276 e. The minimum absolute atomic E-state index is 0.0358. The van der Waals surface area contributed by atoms with E-state index in [2.05, 4.69) is 10.5 Å². The van der Waals surface area contributed by atoms with Gasteiger partial charge in [-0.05, 0) is 35.9 Å². The zero-order chi connectivity index (χ0) is 20.1. The number of pyridine rings is 1. The van der Waals surface area contributed by atoms with Crippen LogP contribution >= 0.6 is 23.2 Å². The Morgan fingerprint density at radius 1 is 1.07 bits per heavy atom. The van der Waals surface area contributed by atoms with E-state index in [1.54, 1.807) is 30.5 Å². The van der Waals surface area contributed by atoms with Crippen LogP contribution in [0.15, 0.2) is 70.7 Å². The SMILES string of the molecule is O=C(N/N=C\c1c(F)cccc1Cl)c1cccn(Cc2ccccc2Cl)c1=O. The Hall–Kier alpha value is -2.96. The molecule has 0 atom stereocenters. The van der Waals surface area contributed by atoms with Gasteiger partial charge in [-0.3, -0.25) is 9.59 Å². The van der Waals surface area contributed by atoms with Crippen molar-refractivity contribution < 1.29 is 9.18 Å². The molecule has 0 bridgehead atoms. The van der Waals surface area contributed by atoms with Crippen LogP contribution in [0.25, 0.3) is 0 Å². The highest BCUT2D eigenvalue weighted by Crippen LogP contribution is 2.17. The number of hydrogen-bond donors (Lipinski definition) is 1. The van der Waals surface area contributed by atoms with Gasteiger partial charge < -0.3 is 4.57 Å². The minimum atomic E-state index is -0.720. The molecule has 28 heavy (non-hydrogen) atoms. The molecule has 5 nitrogen and oxygen atoms in total. The molecular formula is C20H14Cl2FN3O2. The van der Waals surface area contributed by atoms with E-state index in [9.17, 15) is 14.0 Å². The maximum absolute atomic E-state index is 13.7. The normalized spacial score (nSPS) is 11.0. The van der Waals surface area contributed by atoms with E-state index in [0.29, 0.717) is 5.02 Å². The van der Waals surface area contributed by atoms with Gasteiger partial charge in [0.15, 0.2) is 0 Å². The summed E-state index contributed by atoms with van der Waals surface area (Å²) in [6.45, 7) is 0.216. The standard InChI is InChI=1S/C20H14Cl2FN3O2/c21-16-7-2-1-5-13(16)12-26-10-4-6-14(20(26)28)19(27)25-24-11-15-17(22)8-3-9-18(15)23/h1-11H,12H2,(H,25,27)/b24-11-. The number of amides is 1. The summed E-state index contributed by atoms with van der Waals surface area (Å²) in [5, 5.41) is 4.37. The van der Waals surface area contributed by atoms with Crippen LogP contribution in [0.1, 0.15) is 21.5 Å². The van der Waals surface area contributed by atoms with Crippen molar-refractivity contribution in [3.05, 3.63) is 104 Å². The second-order valence-electron chi connectivity index (χ2n) is 5.78. The molecule has 3 aromatic rings. The molecule has 1 N–H and O–H groups in total. The van der Waals surface area contributed by atoms with Crippen molar-refractivity contribution in [1.29, 1.82) is 0 Å². The number of halogens is 3. The van der Waals surface area contributed by atoms with Gasteiger partial charge in [0.1, 0.15) is 11.4 Å². The molecule has 2 aromatic carbocycles. The molecule has 3 rings (SSSR count). The summed E-state index contributed by atoms with van der Waals surface area (Å²) in [6, 6.07) is 14.3. The molecule has 8 heteroatoms. The van der Waals surface area contributed by atoms with Crippen molar-refractivity contribution in [2.75, 3.05) is 0 Å². The average Bonchev–Trinajstić information content (AvgIpc) is 2.67. The van der Waals surface area contributed by atoms with Gasteiger partial charge in [-0.2, -0.15) is 5.10 Å². The average molecular weight is 418 g/mol. The van der Waals surface area contributed by atoms with Gasteiger partial charge >= 0.3 is 0 Å². The third kappa shape index (κ3) is 4.47. The fourth-order valence-corrected chi connectivity index (χ4v) is 2.90. The highest BCUT2D eigenvalue weighted by molar-refractivity contribution is 6.33. The van der Waals surface area contributed by atoms with Crippen molar-refractivity contribution in [3.8, 4) is 0 Å². The summed E-state index contributed by atoms with van der Waals surface area (Å²) >= 11 is 12.0. The summed E-state index contributed by atoms with van der Waals surface area (Å²) in [4.78, 5) is 24.9. The van der Waals surface area contributed by atoms with Crippen LogP contribution < -0.4 is 11.0 Å².